The predicted octanol–water partition coefficient (Wildman–Crippen LogP) is 1.26. The van der Waals surface area contributed by atoms with Crippen molar-refractivity contribution < 1.29 is 26.3 Å². The largest absolute Gasteiger partial charge is 1.00 e. The van der Waals surface area contributed by atoms with Gasteiger partial charge in [0.2, 0.25) is 5.89 Å². The lowest BCUT2D eigenvalue weighted by Crippen LogP contribution is -3.00. The lowest BCUT2D eigenvalue weighted by Gasteiger charge is -2.27. The number of carbonyl (C=O) groups is 1. The number of aryl methyl sites for hydroxylation is 1. The number of aromatic nitrogens is 2. The first-order valence-electron chi connectivity index (χ1n) is 10.2. The third-order valence-electron chi connectivity index (χ3n) is 5.23. The Morgan fingerprint density at radius 2 is 1.31 bits per heavy atom. The molecule has 1 heterocycles. The highest BCUT2D eigenvalue weighted by Gasteiger charge is 2.45. The van der Waals surface area contributed by atoms with Crippen molar-refractivity contribution in [1.29, 1.82) is 0 Å². The van der Waals surface area contributed by atoms with Gasteiger partial charge in [-0.2, -0.15) is 4.98 Å². The highest BCUT2D eigenvalue weighted by atomic mass is 79.9. The smallest absolute Gasteiger partial charge is 0.227 e. The molecule has 32 heavy (non-hydrogen) atoms. The highest BCUT2D eigenvalue weighted by Crippen LogP contribution is 2.55. The molecule has 0 bridgehead atoms. The maximum Gasteiger partial charge on any atom is 0.227 e. The zero-order chi connectivity index (χ0) is 21.4. The standard InChI is InChI=1S/C25H24N2O2PS.BrH/c28-25(31-19-17-24-26-20-27-29-24)16-18-30(21-10-4-1-5-11-21,22-12-6-2-7-13-22)23-14-8-3-9-15-23;/h1-15,20H,16-19H2;1H/q+1;/p-1. The Kier molecular flexibility index (Phi) is 9.22. The Hall–Kier alpha value is -2.27. The fourth-order valence-electron chi connectivity index (χ4n) is 3.77. The third kappa shape index (κ3) is 5.74. The van der Waals surface area contributed by atoms with E-state index in [9.17, 15) is 4.79 Å². The summed E-state index contributed by atoms with van der Waals surface area (Å²) < 4.78 is 5.02. The molecule has 3 aromatic carbocycles. The molecule has 0 spiro atoms. The van der Waals surface area contributed by atoms with Crippen molar-refractivity contribution in [3.63, 3.8) is 0 Å². The van der Waals surface area contributed by atoms with E-state index in [2.05, 4.69) is 82.9 Å². The van der Waals surface area contributed by atoms with Crippen LogP contribution < -0.4 is 32.9 Å². The molecule has 4 aromatic rings. The quantitative estimate of drug-likeness (QED) is 0.307. The van der Waals surface area contributed by atoms with Gasteiger partial charge in [0.1, 0.15) is 23.2 Å². The first-order chi connectivity index (χ1) is 15.3. The molecule has 0 radical (unpaired) electrons. The molecular formula is C25H24BrN2O2PS. The number of rotatable bonds is 9. The molecule has 0 atom stereocenters. The Morgan fingerprint density at radius 3 is 1.75 bits per heavy atom. The van der Waals surface area contributed by atoms with E-state index in [0.717, 1.165) is 6.16 Å². The van der Waals surface area contributed by atoms with E-state index in [1.54, 1.807) is 0 Å². The minimum Gasteiger partial charge on any atom is -1.00 e. The summed E-state index contributed by atoms with van der Waals surface area (Å²) in [6.45, 7) is 0. The molecule has 0 saturated carbocycles. The van der Waals surface area contributed by atoms with Gasteiger partial charge in [-0.3, -0.25) is 4.79 Å². The Labute approximate surface area is 203 Å². The summed E-state index contributed by atoms with van der Waals surface area (Å²) >= 11 is 1.35. The van der Waals surface area contributed by atoms with Crippen molar-refractivity contribution in [2.24, 2.45) is 0 Å². The van der Waals surface area contributed by atoms with Crippen molar-refractivity contribution in [1.82, 2.24) is 10.1 Å². The van der Waals surface area contributed by atoms with Crippen LogP contribution in [0.5, 0.6) is 0 Å². The van der Waals surface area contributed by atoms with Gasteiger partial charge in [0, 0.05) is 12.2 Å². The van der Waals surface area contributed by atoms with Crippen LogP contribution in [0.25, 0.3) is 0 Å². The minimum absolute atomic E-state index is 0. The predicted molar refractivity (Wildman–Crippen MR) is 130 cm³/mol. The zero-order valence-corrected chi connectivity index (χ0v) is 20.8. The number of halogens is 1. The van der Waals surface area contributed by atoms with Gasteiger partial charge in [-0.25, -0.2) is 0 Å². The second-order valence-electron chi connectivity index (χ2n) is 7.10. The van der Waals surface area contributed by atoms with E-state index < -0.39 is 7.26 Å². The number of benzene rings is 3. The van der Waals surface area contributed by atoms with Gasteiger partial charge in [0.15, 0.2) is 11.4 Å². The van der Waals surface area contributed by atoms with Gasteiger partial charge < -0.3 is 21.5 Å². The molecule has 1 aromatic heterocycles. The van der Waals surface area contributed by atoms with Crippen LogP contribution in [0.4, 0.5) is 0 Å². The van der Waals surface area contributed by atoms with Gasteiger partial charge in [0.25, 0.3) is 0 Å². The van der Waals surface area contributed by atoms with E-state index in [0.29, 0.717) is 24.5 Å². The number of hydrogen-bond acceptors (Lipinski definition) is 5. The fourth-order valence-corrected chi connectivity index (χ4v) is 8.92. The van der Waals surface area contributed by atoms with Gasteiger partial charge >= 0.3 is 0 Å². The van der Waals surface area contributed by atoms with Crippen LogP contribution in [0.1, 0.15) is 12.3 Å². The molecule has 7 heteroatoms. The summed E-state index contributed by atoms with van der Waals surface area (Å²) in [4.78, 5) is 16.8. The van der Waals surface area contributed by atoms with Crippen LogP contribution in [0.2, 0.25) is 0 Å². The third-order valence-corrected chi connectivity index (χ3v) is 10.6. The highest BCUT2D eigenvalue weighted by molar-refractivity contribution is 8.13. The Morgan fingerprint density at radius 1 is 0.812 bits per heavy atom. The molecule has 0 saturated heterocycles. The van der Waals surface area contributed by atoms with Crippen LogP contribution in [-0.2, 0) is 11.2 Å². The maximum atomic E-state index is 12.8. The molecule has 0 fully saturated rings. The Balaban J connectivity index is 0.00000289. The second kappa shape index (κ2) is 12.1. The summed E-state index contributed by atoms with van der Waals surface area (Å²) in [6, 6.07) is 32.0. The van der Waals surface area contributed by atoms with E-state index >= 15 is 0 Å². The maximum absolute atomic E-state index is 12.8. The molecule has 0 aliphatic carbocycles. The molecule has 164 valence electrons. The normalized spacial score (nSPS) is 11.0. The number of carbonyl (C=O) groups excluding carboxylic acids is 1. The number of thioether (sulfide) groups is 1. The van der Waals surface area contributed by atoms with Crippen molar-refractivity contribution >= 4 is 40.1 Å². The molecule has 4 rings (SSSR count). The summed E-state index contributed by atoms with van der Waals surface area (Å²) in [5, 5.41) is 7.72. The summed E-state index contributed by atoms with van der Waals surface area (Å²) in [6.07, 6.45) is 3.31. The molecule has 0 amide bonds. The lowest BCUT2D eigenvalue weighted by molar-refractivity contribution is -0.110. The van der Waals surface area contributed by atoms with Crippen LogP contribution in [0.3, 0.4) is 0 Å². The van der Waals surface area contributed by atoms with E-state index in [1.165, 1.54) is 34.0 Å². The van der Waals surface area contributed by atoms with Crippen molar-refractivity contribution in [2.45, 2.75) is 12.8 Å². The number of hydrogen-bond donors (Lipinski definition) is 0. The first kappa shape index (κ1) is 24.4. The fraction of sp³-hybridized carbons (Fsp3) is 0.160. The second-order valence-corrected chi connectivity index (χ2v) is 11.9. The molecule has 0 unspecified atom stereocenters. The Bertz CT molecular complexity index is 984. The van der Waals surface area contributed by atoms with Crippen LogP contribution in [-0.4, -0.2) is 27.2 Å². The van der Waals surface area contributed by atoms with Crippen molar-refractivity contribution in [2.75, 3.05) is 11.9 Å². The SMILES string of the molecule is O=C(CC[P+](c1ccccc1)(c1ccccc1)c1ccccc1)SCCc1ncno1.[Br-]. The topological polar surface area (TPSA) is 56.0 Å². The molecule has 0 aliphatic heterocycles. The van der Waals surface area contributed by atoms with E-state index in [1.807, 2.05) is 18.2 Å². The summed E-state index contributed by atoms with van der Waals surface area (Å²) in [5.74, 6) is 1.22. The molecule has 0 aliphatic rings. The number of nitrogens with zero attached hydrogens (tertiary/aromatic N) is 2. The average Bonchev–Trinajstić information content (AvgIpc) is 3.35. The zero-order valence-electron chi connectivity index (χ0n) is 17.5. The van der Waals surface area contributed by atoms with Gasteiger partial charge in [0.05, 0.1) is 12.6 Å². The minimum atomic E-state index is -1.96. The van der Waals surface area contributed by atoms with E-state index in [4.69, 9.17) is 4.52 Å². The summed E-state index contributed by atoms with van der Waals surface area (Å²) in [5.41, 5.74) is 0. The van der Waals surface area contributed by atoms with Crippen LogP contribution >= 0.6 is 19.0 Å². The summed E-state index contributed by atoms with van der Waals surface area (Å²) in [7, 11) is -1.96. The first-order valence-corrected chi connectivity index (χ1v) is 13.2. The van der Waals surface area contributed by atoms with Crippen molar-refractivity contribution in [3.8, 4) is 0 Å². The molecule has 4 nitrogen and oxygen atoms in total. The van der Waals surface area contributed by atoms with Crippen LogP contribution in [0.15, 0.2) is 102 Å². The van der Waals surface area contributed by atoms with Crippen LogP contribution in [0, 0.1) is 0 Å². The monoisotopic (exact) mass is 526 g/mol. The van der Waals surface area contributed by atoms with Gasteiger partial charge in [-0.05, 0) is 36.4 Å². The molecule has 0 N–H and O–H groups in total. The van der Waals surface area contributed by atoms with Gasteiger partial charge in [-0.15, -0.1) is 0 Å². The van der Waals surface area contributed by atoms with Gasteiger partial charge in [-0.1, -0.05) is 71.5 Å². The average molecular weight is 527 g/mol. The van der Waals surface area contributed by atoms with Crippen molar-refractivity contribution in [3.05, 3.63) is 103 Å². The molecular weight excluding hydrogens is 503 g/mol. The lowest BCUT2D eigenvalue weighted by atomic mass is 10.4. The van der Waals surface area contributed by atoms with E-state index in [-0.39, 0.29) is 22.1 Å².